The SMILES string of the molecule is CCCCCCCCCCCCCCCCCCCCCCCCCCCCCCCCCCCCCCCC(=O)NC(COC1OC(CO)C(O)C(O)C1O)C(O)CCCCCCCCCCCCCCCCCC. The molecular formula is C67H133NO8. The Balaban J connectivity index is 2.02. The number of aliphatic hydroxyl groups excluding tert-OH is 5. The molecule has 1 rings (SSSR count). The van der Waals surface area contributed by atoms with E-state index in [1.54, 1.807) is 0 Å². The summed E-state index contributed by atoms with van der Waals surface area (Å²) >= 11 is 0. The van der Waals surface area contributed by atoms with Crippen LogP contribution < -0.4 is 5.32 Å². The Kier molecular flexibility index (Phi) is 55.3. The van der Waals surface area contributed by atoms with Crippen LogP contribution in [0.3, 0.4) is 0 Å². The van der Waals surface area contributed by atoms with Crippen molar-refractivity contribution in [2.75, 3.05) is 13.2 Å². The zero-order valence-corrected chi connectivity index (χ0v) is 50.8. The van der Waals surface area contributed by atoms with Gasteiger partial charge < -0.3 is 40.3 Å². The topological polar surface area (TPSA) is 149 Å². The molecule has 0 aromatic carbocycles. The molecule has 1 saturated heterocycles. The molecule has 0 aromatic heterocycles. The number of nitrogens with one attached hydrogen (secondary N) is 1. The molecule has 454 valence electrons. The summed E-state index contributed by atoms with van der Waals surface area (Å²) in [6.45, 7) is 3.89. The first-order valence-electron chi connectivity index (χ1n) is 34.2. The number of hydrogen-bond acceptors (Lipinski definition) is 8. The van der Waals surface area contributed by atoms with Gasteiger partial charge in [0, 0.05) is 6.42 Å². The van der Waals surface area contributed by atoms with Crippen molar-refractivity contribution in [3.63, 3.8) is 0 Å². The van der Waals surface area contributed by atoms with Crippen molar-refractivity contribution < 1.29 is 39.8 Å². The van der Waals surface area contributed by atoms with Crippen LogP contribution in [0.1, 0.15) is 367 Å². The number of carbonyl (C=O) groups is 1. The number of hydrogen-bond donors (Lipinski definition) is 6. The molecule has 0 radical (unpaired) electrons. The van der Waals surface area contributed by atoms with Gasteiger partial charge in [-0.15, -0.1) is 0 Å². The molecule has 0 bridgehead atoms. The van der Waals surface area contributed by atoms with Crippen LogP contribution in [0.15, 0.2) is 0 Å². The fourth-order valence-electron chi connectivity index (χ4n) is 11.6. The zero-order valence-electron chi connectivity index (χ0n) is 50.8. The first-order chi connectivity index (χ1) is 37.3. The molecule has 9 nitrogen and oxygen atoms in total. The third-order valence-corrected chi connectivity index (χ3v) is 17.0. The Morgan fingerprint density at radius 1 is 0.395 bits per heavy atom. The molecule has 1 fully saturated rings. The molecule has 1 heterocycles. The molecule has 6 N–H and O–H groups in total. The van der Waals surface area contributed by atoms with Gasteiger partial charge in [0.1, 0.15) is 24.4 Å². The average molecular weight is 1080 g/mol. The van der Waals surface area contributed by atoms with Crippen molar-refractivity contribution in [2.45, 2.75) is 410 Å². The van der Waals surface area contributed by atoms with Gasteiger partial charge in [-0.1, -0.05) is 348 Å². The Bertz CT molecular complexity index is 1160. The maximum absolute atomic E-state index is 13.1. The summed E-state index contributed by atoms with van der Waals surface area (Å²) in [5, 5.41) is 54.8. The standard InChI is InChI=1S/C67H133NO8/c1-3-5-7-9-11-13-15-17-19-21-22-23-24-25-26-27-28-29-30-31-32-33-34-35-36-37-38-39-40-41-43-45-47-49-51-53-55-57-63(71)68-60(59-75-67-66(74)65(73)64(72)62(58-69)76-67)61(70)56-54-52-50-48-46-44-42-20-18-16-14-12-10-8-6-4-2/h60-62,64-67,69-70,72-74H,3-59H2,1-2H3,(H,68,71). The Morgan fingerprint density at radius 3 is 0.934 bits per heavy atom. The molecule has 1 aliphatic rings. The van der Waals surface area contributed by atoms with E-state index >= 15 is 0 Å². The van der Waals surface area contributed by atoms with Crippen LogP contribution in [0, 0.1) is 0 Å². The number of carbonyl (C=O) groups excluding carboxylic acids is 1. The third-order valence-electron chi connectivity index (χ3n) is 17.0. The molecule has 1 aliphatic heterocycles. The van der Waals surface area contributed by atoms with Crippen LogP contribution >= 0.6 is 0 Å². The highest BCUT2D eigenvalue weighted by molar-refractivity contribution is 5.76. The predicted octanol–water partition coefficient (Wildman–Crippen LogP) is 18.1. The van der Waals surface area contributed by atoms with E-state index in [1.165, 1.54) is 302 Å². The van der Waals surface area contributed by atoms with E-state index in [0.29, 0.717) is 12.8 Å². The van der Waals surface area contributed by atoms with Crippen molar-refractivity contribution in [1.29, 1.82) is 0 Å². The monoisotopic (exact) mass is 1080 g/mol. The molecule has 9 heteroatoms. The van der Waals surface area contributed by atoms with Gasteiger partial charge >= 0.3 is 0 Å². The molecular weight excluding hydrogens is 947 g/mol. The van der Waals surface area contributed by atoms with E-state index in [9.17, 15) is 30.3 Å². The maximum Gasteiger partial charge on any atom is 0.220 e. The second-order valence-corrected chi connectivity index (χ2v) is 24.3. The van der Waals surface area contributed by atoms with Gasteiger partial charge in [-0.2, -0.15) is 0 Å². The highest BCUT2D eigenvalue weighted by Gasteiger charge is 2.44. The summed E-state index contributed by atoms with van der Waals surface area (Å²) in [5.41, 5.74) is 0. The lowest BCUT2D eigenvalue weighted by atomic mass is 9.99. The van der Waals surface area contributed by atoms with E-state index in [0.717, 1.165) is 38.5 Å². The van der Waals surface area contributed by atoms with Crippen molar-refractivity contribution >= 4 is 5.91 Å². The van der Waals surface area contributed by atoms with Gasteiger partial charge in [0.2, 0.25) is 5.91 Å². The van der Waals surface area contributed by atoms with Crippen LogP contribution in [0.5, 0.6) is 0 Å². The van der Waals surface area contributed by atoms with Crippen LogP contribution in [-0.4, -0.2) is 87.5 Å². The molecule has 0 aliphatic carbocycles. The van der Waals surface area contributed by atoms with Crippen molar-refractivity contribution in [2.24, 2.45) is 0 Å². The van der Waals surface area contributed by atoms with Crippen molar-refractivity contribution in [3.8, 4) is 0 Å². The lowest BCUT2D eigenvalue weighted by molar-refractivity contribution is -0.302. The normalized spacial score (nSPS) is 18.6. The Morgan fingerprint density at radius 2 is 0.658 bits per heavy atom. The molecule has 76 heavy (non-hydrogen) atoms. The van der Waals surface area contributed by atoms with Crippen LogP contribution in [0.25, 0.3) is 0 Å². The molecule has 0 saturated carbocycles. The minimum Gasteiger partial charge on any atom is -0.394 e. The summed E-state index contributed by atoms with van der Waals surface area (Å²) in [4.78, 5) is 13.1. The van der Waals surface area contributed by atoms with Crippen molar-refractivity contribution in [1.82, 2.24) is 5.32 Å². The fourth-order valence-corrected chi connectivity index (χ4v) is 11.6. The number of amides is 1. The highest BCUT2D eigenvalue weighted by Crippen LogP contribution is 2.24. The second-order valence-electron chi connectivity index (χ2n) is 24.3. The first kappa shape index (κ1) is 73.2. The first-order valence-corrected chi connectivity index (χ1v) is 34.2. The average Bonchev–Trinajstić information content (AvgIpc) is 3.42. The summed E-state index contributed by atoms with van der Waals surface area (Å²) in [6, 6.07) is -0.714. The van der Waals surface area contributed by atoms with Crippen LogP contribution in [0.2, 0.25) is 0 Å². The van der Waals surface area contributed by atoms with E-state index in [-0.39, 0.29) is 12.5 Å². The fraction of sp³-hybridized carbons (Fsp3) is 0.985. The van der Waals surface area contributed by atoms with Crippen LogP contribution in [0.4, 0.5) is 0 Å². The van der Waals surface area contributed by atoms with E-state index in [1.807, 2.05) is 0 Å². The Hall–Kier alpha value is -0.810. The largest absolute Gasteiger partial charge is 0.394 e. The minimum absolute atomic E-state index is 0.131. The highest BCUT2D eigenvalue weighted by atomic mass is 16.7. The van der Waals surface area contributed by atoms with E-state index in [4.69, 9.17) is 9.47 Å². The number of aliphatic hydroxyl groups is 5. The molecule has 0 spiro atoms. The Labute approximate surface area is 472 Å². The number of unbranched alkanes of at least 4 members (excludes halogenated alkanes) is 51. The summed E-state index contributed by atoms with van der Waals surface area (Å²) < 4.78 is 11.3. The number of ether oxygens (including phenoxy) is 2. The second kappa shape index (κ2) is 57.4. The van der Waals surface area contributed by atoms with Gasteiger partial charge in [-0.25, -0.2) is 0 Å². The lowest BCUT2D eigenvalue weighted by Crippen LogP contribution is -2.60. The van der Waals surface area contributed by atoms with E-state index < -0.39 is 49.5 Å². The minimum atomic E-state index is -1.55. The summed E-state index contributed by atoms with van der Waals surface area (Å²) in [5.74, 6) is -0.135. The smallest absolute Gasteiger partial charge is 0.220 e. The maximum atomic E-state index is 13.1. The van der Waals surface area contributed by atoms with Crippen molar-refractivity contribution in [3.05, 3.63) is 0 Å². The quantitative estimate of drug-likeness (QED) is 0.0330. The third kappa shape index (κ3) is 45.9. The van der Waals surface area contributed by atoms with Gasteiger partial charge in [-0.05, 0) is 12.8 Å². The van der Waals surface area contributed by atoms with E-state index in [2.05, 4.69) is 19.2 Å². The molecule has 7 atom stereocenters. The van der Waals surface area contributed by atoms with Gasteiger partial charge in [-0.3, -0.25) is 4.79 Å². The molecule has 0 aromatic rings. The lowest BCUT2D eigenvalue weighted by Gasteiger charge is -2.40. The molecule has 7 unspecified atom stereocenters. The predicted molar refractivity (Wildman–Crippen MR) is 323 cm³/mol. The summed E-state index contributed by atoms with van der Waals surface area (Å²) in [6.07, 6.45) is 64.7. The zero-order chi connectivity index (χ0) is 55.0. The number of rotatable bonds is 61. The summed E-state index contributed by atoms with van der Waals surface area (Å²) in [7, 11) is 0. The van der Waals surface area contributed by atoms with Gasteiger partial charge in [0.15, 0.2) is 6.29 Å². The molecule has 1 amide bonds. The van der Waals surface area contributed by atoms with Gasteiger partial charge in [0.25, 0.3) is 0 Å². The van der Waals surface area contributed by atoms with Gasteiger partial charge in [0.05, 0.1) is 25.4 Å². The van der Waals surface area contributed by atoms with Crippen LogP contribution in [-0.2, 0) is 14.3 Å².